The second-order valence-corrected chi connectivity index (χ2v) is 7.52. The number of methoxy groups -OCH3 is 1. The number of ether oxygens (including phenoxy) is 1. The van der Waals surface area contributed by atoms with Crippen molar-refractivity contribution < 1.29 is 14.3 Å². The molecule has 0 saturated carbocycles. The number of carbonyl (C=O) groups excluding carboxylic acids is 2. The molecule has 138 valence electrons. The van der Waals surface area contributed by atoms with Gasteiger partial charge in [-0.2, -0.15) is 0 Å². The fourth-order valence-electron chi connectivity index (χ4n) is 3.37. The molecule has 5 nitrogen and oxygen atoms in total. The number of amides is 1. The Morgan fingerprint density at radius 2 is 2.04 bits per heavy atom. The first-order valence-corrected chi connectivity index (χ1v) is 9.63. The molecule has 1 saturated heterocycles. The standard InChI is InChI=1S/C20H24N2O3S/c1-14-12-21(17-6-4-5-7-18(17)25-3)8-9-22(14)20(24)11-16-10-19(15(2)23)26-13-16/h4-7,10,13-14H,8-9,11-12H2,1-3H3/t14-/m1/s1. The van der Waals surface area contributed by atoms with Crippen LogP contribution in [0.3, 0.4) is 0 Å². The third-order valence-corrected chi connectivity index (χ3v) is 5.81. The molecule has 1 aromatic heterocycles. The third kappa shape index (κ3) is 3.90. The van der Waals surface area contributed by atoms with Gasteiger partial charge in [-0.15, -0.1) is 11.3 Å². The van der Waals surface area contributed by atoms with Crippen molar-refractivity contribution in [1.82, 2.24) is 4.90 Å². The highest BCUT2D eigenvalue weighted by molar-refractivity contribution is 7.12. The lowest BCUT2D eigenvalue weighted by atomic mass is 10.1. The minimum absolute atomic E-state index is 0.0486. The molecule has 3 rings (SSSR count). The van der Waals surface area contributed by atoms with E-state index in [0.717, 1.165) is 30.1 Å². The molecule has 0 spiro atoms. The normalized spacial score (nSPS) is 17.3. The minimum Gasteiger partial charge on any atom is -0.495 e. The first-order chi connectivity index (χ1) is 12.5. The van der Waals surface area contributed by atoms with Crippen molar-refractivity contribution in [2.45, 2.75) is 26.3 Å². The van der Waals surface area contributed by atoms with Crippen molar-refractivity contribution in [2.75, 3.05) is 31.6 Å². The number of hydrogen-bond acceptors (Lipinski definition) is 5. The van der Waals surface area contributed by atoms with Crippen LogP contribution < -0.4 is 9.64 Å². The van der Waals surface area contributed by atoms with Crippen LogP contribution >= 0.6 is 11.3 Å². The predicted molar refractivity (Wildman–Crippen MR) is 104 cm³/mol. The van der Waals surface area contributed by atoms with Crippen LogP contribution in [0.25, 0.3) is 0 Å². The summed E-state index contributed by atoms with van der Waals surface area (Å²) < 4.78 is 5.46. The number of rotatable bonds is 5. The minimum atomic E-state index is 0.0486. The van der Waals surface area contributed by atoms with Crippen LogP contribution in [0.15, 0.2) is 35.7 Å². The molecular weight excluding hydrogens is 348 g/mol. The zero-order chi connectivity index (χ0) is 18.7. The fourth-order valence-corrected chi connectivity index (χ4v) is 4.18. The van der Waals surface area contributed by atoms with E-state index < -0.39 is 0 Å². The lowest BCUT2D eigenvalue weighted by Crippen LogP contribution is -2.54. The number of nitrogens with zero attached hydrogens (tertiary/aromatic N) is 2. The number of thiophene rings is 1. The van der Waals surface area contributed by atoms with Gasteiger partial charge in [-0.25, -0.2) is 0 Å². The molecule has 0 N–H and O–H groups in total. The number of para-hydroxylation sites is 2. The zero-order valence-corrected chi connectivity index (χ0v) is 16.2. The molecule has 1 amide bonds. The number of ketones is 1. The Labute approximate surface area is 158 Å². The van der Waals surface area contributed by atoms with Crippen LogP contribution in [0.2, 0.25) is 0 Å². The summed E-state index contributed by atoms with van der Waals surface area (Å²) in [5, 5.41) is 1.91. The molecular formula is C20H24N2O3S. The second kappa shape index (κ2) is 7.91. The van der Waals surface area contributed by atoms with Gasteiger partial charge < -0.3 is 14.5 Å². The van der Waals surface area contributed by atoms with E-state index in [1.807, 2.05) is 34.5 Å². The Hall–Kier alpha value is -2.34. The molecule has 0 aliphatic carbocycles. The van der Waals surface area contributed by atoms with Crippen molar-refractivity contribution in [1.29, 1.82) is 0 Å². The van der Waals surface area contributed by atoms with Gasteiger partial charge in [-0.05, 0) is 43.0 Å². The molecule has 2 heterocycles. The molecule has 1 aliphatic rings. The smallest absolute Gasteiger partial charge is 0.227 e. The van der Waals surface area contributed by atoms with Crippen LogP contribution in [-0.2, 0) is 11.2 Å². The summed E-state index contributed by atoms with van der Waals surface area (Å²) in [5.74, 6) is 1.02. The van der Waals surface area contributed by atoms with E-state index in [4.69, 9.17) is 4.74 Å². The molecule has 6 heteroatoms. The van der Waals surface area contributed by atoms with Crippen LogP contribution in [-0.4, -0.2) is 49.4 Å². The largest absolute Gasteiger partial charge is 0.495 e. The average molecular weight is 372 g/mol. The van der Waals surface area contributed by atoms with Crippen molar-refractivity contribution in [3.05, 3.63) is 46.2 Å². The number of benzene rings is 1. The second-order valence-electron chi connectivity index (χ2n) is 6.61. The molecule has 0 unspecified atom stereocenters. The number of piperazine rings is 1. The highest BCUT2D eigenvalue weighted by Crippen LogP contribution is 2.29. The van der Waals surface area contributed by atoms with E-state index in [1.54, 1.807) is 14.0 Å². The van der Waals surface area contributed by atoms with Gasteiger partial charge in [0.15, 0.2) is 5.78 Å². The molecule has 0 bridgehead atoms. The number of carbonyl (C=O) groups is 2. The Morgan fingerprint density at radius 3 is 2.69 bits per heavy atom. The van der Waals surface area contributed by atoms with Gasteiger partial charge in [0, 0.05) is 25.7 Å². The monoisotopic (exact) mass is 372 g/mol. The fraction of sp³-hybridized carbons (Fsp3) is 0.400. The van der Waals surface area contributed by atoms with Crippen molar-refractivity contribution >= 4 is 28.7 Å². The molecule has 2 aromatic rings. The third-order valence-electron chi connectivity index (χ3n) is 4.73. The Kier molecular flexibility index (Phi) is 5.61. The molecule has 1 fully saturated rings. The number of hydrogen-bond donors (Lipinski definition) is 0. The summed E-state index contributed by atoms with van der Waals surface area (Å²) in [6.07, 6.45) is 0.350. The first-order valence-electron chi connectivity index (χ1n) is 8.75. The molecule has 1 aromatic carbocycles. The van der Waals surface area contributed by atoms with E-state index in [0.29, 0.717) is 17.8 Å². The van der Waals surface area contributed by atoms with Gasteiger partial charge in [0.1, 0.15) is 5.75 Å². The SMILES string of the molecule is COc1ccccc1N1CCN(C(=O)Cc2csc(C(C)=O)c2)[C@H](C)C1. The van der Waals surface area contributed by atoms with Crippen molar-refractivity contribution in [3.63, 3.8) is 0 Å². The van der Waals surface area contributed by atoms with E-state index in [1.165, 1.54) is 11.3 Å². The van der Waals surface area contributed by atoms with E-state index in [2.05, 4.69) is 17.9 Å². The van der Waals surface area contributed by atoms with Crippen molar-refractivity contribution in [3.8, 4) is 5.75 Å². The highest BCUT2D eigenvalue weighted by Gasteiger charge is 2.28. The number of Topliss-reactive ketones (excluding diaryl/α,β-unsaturated/α-hetero) is 1. The topological polar surface area (TPSA) is 49.9 Å². The maximum Gasteiger partial charge on any atom is 0.227 e. The zero-order valence-electron chi connectivity index (χ0n) is 15.4. The summed E-state index contributed by atoms with van der Waals surface area (Å²) in [5.41, 5.74) is 1.99. The van der Waals surface area contributed by atoms with Crippen LogP contribution in [0.4, 0.5) is 5.69 Å². The molecule has 0 radical (unpaired) electrons. The van der Waals surface area contributed by atoms with Crippen LogP contribution in [0.5, 0.6) is 5.75 Å². The Bertz CT molecular complexity index is 802. The summed E-state index contributed by atoms with van der Waals surface area (Å²) >= 11 is 1.41. The Balaban J connectivity index is 1.64. The summed E-state index contributed by atoms with van der Waals surface area (Å²) in [6, 6.07) is 9.93. The summed E-state index contributed by atoms with van der Waals surface area (Å²) in [6.45, 7) is 5.86. The van der Waals surface area contributed by atoms with Crippen LogP contribution in [0, 0.1) is 0 Å². The average Bonchev–Trinajstić information content (AvgIpc) is 3.10. The van der Waals surface area contributed by atoms with Gasteiger partial charge in [0.2, 0.25) is 5.91 Å². The Morgan fingerprint density at radius 1 is 1.27 bits per heavy atom. The van der Waals surface area contributed by atoms with Gasteiger partial charge in [-0.3, -0.25) is 9.59 Å². The molecule has 26 heavy (non-hydrogen) atoms. The lowest BCUT2D eigenvalue weighted by Gasteiger charge is -2.41. The van der Waals surface area contributed by atoms with Gasteiger partial charge in [0.05, 0.1) is 24.1 Å². The highest BCUT2D eigenvalue weighted by atomic mass is 32.1. The number of anilines is 1. The predicted octanol–water partition coefficient (Wildman–Crippen LogP) is 3.24. The van der Waals surface area contributed by atoms with Crippen molar-refractivity contribution in [2.24, 2.45) is 0 Å². The lowest BCUT2D eigenvalue weighted by molar-refractivity contribution is -0.132. The maximum atomic E-state index is 12.7. The van der Waals surface area contributed by atoms with E-state index in [-0.39, 0.29) is 17.7 Å². The maximum absolute atomic E-state index is 12.7. The summed E-state index contributed by atoms with van der Waals surface area (Å²) in [7, 11) is 1.68. The van der Waals surface area contributed by atoms with Crippen LogP contribution in [0.1, 0.15) is 29.1 Å². The van der Waals surface area contributed by atoms with Gasteiger partial charge in [-0.1, -0.05) is 12.1 Å². The van der Waals surface area contributed by atoms with E-state index in [9.17, 15) is 9.59 Å². The molecule has 1 aliphatic heterocycles. The van der Waals surface area contributed by atoms with E-state index >= 15 is 0 Å². The van der Waals surface area contributed by atoms with Gasteiger partial charge in [0.25, 0.3) is 0 Å². The molecule has 1 atom stereocenters. The summed E-state index contributed by atoms with van der Waals surface area (Å²) in [4.78, 5) is 29.1. The van der Waals surface area contributed by atoms with Gasteiger partial charge >= 0.3 is 0 Å². The first kappa shape index (κ1) is 18.5. The quantitative estimate of drug-likeness (QED) is 0.756.